The number of hydrogen-bond acceptors (Lipinski definition) is 5. The molecular formula is C15H23IN2O4. The monoisotopic (exact) mass is 422 g/mol. The first-order valence-corrected chi connectivity index (χ1v) is 8.34. The molecule has 6 nitrogen and oxygen atoms in total. The van der Waals surface area contributed by atoms with Crippen molar-refractivity contribution >= 4 is 28.7 Å². The molecule has 0 bridgehead atoms. The summed E-state index contributed by atoms with van der Waals surface area (Å²) in [7, 11) is 1.66. The summed E-state index contributed by atoms with van der Waals surface area (Å²) in [5.41, 5.74) is -0.490. The van der Waals surface area contributed by atoms with Crippen molar-refractivity contribution in [3.05, 3.63) is 21.7 Å². The standard InChI is InChI=1S/C15H23IN2O4/c1-15(2,3)22-14(19)18-8-11(12(9-18)20-4)17-7-10-5-6-13(16)21-10/h5-6,11-12,17H,7-9H2,1-4H3/t11?,12-/m0/s1. The van der Waals surface area contributed by atoms with Gasteiger partial charge in [-0.25, -0.2) is 4.79 Å². The Morgan fingerprint density at radius 1 is 1.45 bits per heavy atom. The fourth-order valence-electron chi connectivity index (χ4n) is 2.36. The number of amides is 1. The molecule has 0 aliphatic carbocycles. The number of hydrogen-bond donors (Lipinski definition) is 1. The van der Waals surface area contributed by atoms with Gasteiger partial charge in [-0.3, -0.25) is 0 Å². The minimum absolute atomic E-state index is 0.0541. The third-order valence-corrected chi connectivity index (χ3v) is 3.97. The molecule has 22 heavy (non-hydrogen) atoms. The highest BCUT2D eigenvalue weighted by molar-refractivity contribution is 14.1. The summed E-state index contributed by atoms with van der Waals surface area (Å²) in [5.74, 6) is 0.870. The van der Waals surface area contributed by atoms with Gasteiger partial charge in [-0.2, -0.15) is 0 Å². The average molecular weight is 422 g/mol. The zero-order valence-electron chi connectivity index (χ0n) is 13.4. The Balaban J connectivity index is 1.90. The van der Waals surface area contributed by atoms with Gasteiger partial charge in [-0.15, -0.1) is 0 Å². The molecule has 0 spiro atoms. The quantitative estimate of drug-likeness (QED) is 0.756. The van der Waals surface area contributed by atoms with Crippen LogP contribution in [0.5, 0.6) is 0 Å². The molecule has 0 saturated carbocycles. The van der Waals surface area contributed by atoms with Gasteiger partial charge in [0.2, 0.25) is 0 Å². The van der Waals surface area contributed by atoms with Gasteiger partial charge in [0.05, 0.1) is 25.2 Å². The predicted molar refractivity (Wildman–Crippen MR) is 90.7 cm³/mol. The molecule has 0 radical (unpaired) electrons. The first kappa shape index (κ1) is 17.6. The van der Waals surface area contributed by atoms with E-state index in [9.17, 15) is 4.79 Å². The smallest absolute Gasteiger partial charge is 0.410 e. The highest BCUT2D eigenvalue weighted by atomic mass is 127. The third kappa shape index (κ3) is 4.85. The van der Waals surface area contributed by atoms with Crippen LogP contribution in [0, 0.1) is 3.77 Å². The Labute approximate surface area is 144 Å². The number of likely N-dealkylation sites (tertiary alicyclic amines) is 1. The molecule has 2 rings (SSSR count). The first-order chi connectivity index (χ1) is 10.3. The van der Waals surface area contributed by atoms with Crippen LogP contribution in [0.4, 0.5) is 4.79 Å². The lowest BCUT2D eigenvalue weighted by Gasteiger charge is -2.24. The molecule has 1 aromatic rings. The molecule has 1 aliphatic heterocycles. The van der Waals surface area contributed by atoms with Crippen molar-refractivity contribution in [3.63, 3.8) is 0 Å². The fourth-order valence-corrected chi connectivity index (χ4v) is 2.83. The highest BCUT2D eigenvalue weighted by Crippen LogP contribution is 2.18. The van der Waals surface area contributed by atoms with Gasteiger partial charge in [0.1, 0.15) is 11.4 Å². The van der Waals surface area contributed by atoms with Gasteiger partial charge in [-0.05, 0) is 55.5 Å². The number of carbonyl (C=O) groups excluding carboxylic acids is 1. The largest absolute Gasteiger partial charge is 0.454 e. The topological polar surface area (TPSA) is 63.9 Å². The molecule has 1 amide bonds. The van der Waals surface area contributed by atoms with Crippen molar-refractivity contribution in [2.75, 3.05) is 20.2 Å². The van der Waals surface area contributed by atoms with E-state index in [2.05, 4.69) is 27.9 Å². The average Bonchev–Trinajstić information content (AvgIpc) is 3.00. The van der Waals surface area contributed by atoms with E-state index < -0.39 is 5.60 Å². The highest BCUT2D eigenvalue weighted by Gasteiger charge is 2.37. The molecule has 7 heteroatoms. The second-order valence-corrected chi connectivity index (χ2v) is 7.42. The van der Waals surface area contributed by atoms with Crippen LogP contribution in [0.25, 0.3) is 0 Å². The molecular weight excluding hydrogens is 399 g/mol. The normalized spacial score (nSPS) is 22.1. The number of halogens is 1. The van der Waals surface area contributed by atoms with E-state index in [1.807, 2.05) is 32.9 Å². The van der Waals surface area contributed by atoms with Gasteiger partial charge in [-0.1, -0.05) is 0 Å². The number of ether oxygens (including phenoxy) is 2. The van der Waals surface area contributed by atoms with E-state index in [-0.39, 0.29) is 18.2 Å². The van der Waals surface area contributed by atoms with Crippen LogP contribution in [0.3, 0.4) is 0 Å². The Morgan fingerprint density at radius 3 is 2.73 bits per heavy atom. The van der Waals surface area contributed by atoms with Crippen LogP contribution >= 0.6 is 22.6 Å². The Kier molecular flexibility index (Phi) is 5.73. The van der Waals surface area contributed by atoms with Gasteiger partial charge in [0.15, 0.2) is 3.77 Å². The van der Waals surface area contributed by atoms with E-state index in [1.165, 1.54) is 0 Å². The molecule has 1 aliphatic rings. The zero-order valence-corrected chi connectivity index (χ0v) is 15.5. The number of furan rings is 1. The minimum atomic E-state index is -0.490. The molecule has 1 fully saturated rings. The lowest BCUT2D eigenvalue weighted by Crippen LogP contribution is -2.40. The van der Waals surface area contributed by atoms with Crippen LogP contribution in [0.1, 0.15) is 26.5 Å². The van der Waals surface area contributed by atoms with Crippen molar-refractivity contribution in [1.29, 1.82) is 0 Å². The molecule has 2 atom stereocenters. The number of nitrogens with one attached hydrogen (secondary N) is 1. The zero-order chi connectivity index (χ0) is 16.3. The first-order valence-electron chi connectivity index (χ1n) is 7.27. The Morgan fingerprint density at radius 2 is 2.18 bits per heavy atom. The maximum atomic E-state index is 12.1. The lowest BCUT2D eigenvalue weighted by molar-refractivity contribution is 0.0252. The second-order valence-electron chi connectivity index (χ2n) is 6.35. The number of nitrogens with zero attached hydrogens (tertiary/aromatic N) is 1. The van der Waals surface area contributed by atoms with Crippen LogP contribution in [0.15, 0.2) is 16.5 Å². The lowest BCUT2D eigenvalue weighted by atomic mass is 10.2. The molecule has 1 aromatic heterocycles. The molecule has 1 N–H and O–H groups in total. The summed E-state index contributed by atoms with van der Waals surface area (Å²) in [4.78, 5) is 13.8. The van der Waals surface area contributed by atoms with E-state index in [1.54, 1.807) is 12.0 Å². The minimum Gasteiger partial charge on any atom is -0.454 e. The van der Waals surface area contributed by atoms with E-state index in [4.69, 9.17) is 13.9 Å². The Bertz CT molecular complexity index is 512. The molecule has 1 unspecified atom stereocenters. The van der Waals surface area contributed by atoms with Crippen LogP contribution in [-0.2, 0) is 16.0 Å². The van der Waals surface area contributed by atoms with Crippen molar-refractivity contribution < 1.29 is 18.7 Å². The third-order valence-electron chi connectivity index (χ3n) is 3.39. The van der Waals surface area contributed by atoms with Crippen molar-refractivity contribution in [2.45, 2.75) is 45.1 Å². The summed E-state index contributed by atoms with van der Waals surface area (Å²) >= 11 is 2.14. The molecule has 1 saturated heterocycles. The maximum Gasteiger partial charge on any atom is 0.410 e. The number of methoxy groups -OCH3 is 1. The summed E-state index contributed by atoms with van der Waals surface area (Å²) < 4.78 is 17.3. The van der Waals surface area contributed by atoms with Crippen LogP contribution in [-0.4, -0.2) is 48.9 Å². The van der Waals surface area contributed by atoms with Crippen LogP contribution in [0.2, 0.25) is 0 Å². The second kappa shape index (κ2) is 7.18. The van der Waals surface area contributed by atoms with Crippen molar-refractivity contribution in [1.82, 2.24) is 10.2 Å². The van der Waals surface area contributed by atoms with E-state index in [0.29, 0.717) is 19.6 Å². The summed E-state index contributed by atoms with van der Waals surface area (Å²) in [6.45, 7) is 7.29. The SMILES string of the molecule is CO[C@H]1CN(C(=O)OC(C)(C)C)CC1NCc1ccc(I)o1. The van der Waals surface area contributed by atoms with Gasteiger partial charge in [0, 0.05) is 13.7 Å². The summed E-state index contributed by atoms with van der Waals surface area (Å²) in [6, 6.07) is 3.92. The predicted octanol–water partition coefficient (Wildman–Crippen LogP) is 2.61. The Hall–Kier alpha value is -0.800. The molecule has 0 aromatic carbocycles. The maximum absolute atomic E-state index is 12.1. The fraction of sp³-hybridized carbons (Fsp3) is 0.667. The number of rotatable bonds is 4. The molecule has 2 heterocycles. The summed E-state index contributed by atoms with van der Waals surface area (Å²) in [5, 5.41) is 3.39. The molecule has 124 valence electrons. The van der Waals surface area contributed by atoms with Gasteiger partial charge < -0.3 is 24.1 Å². The summed E-state index contributed by atoms with van der Waals surface area (Å²) in [6.07, 6.45) is -0.354. The van der Waals surface area contributed by atoms with Gasteiger partial charge >= 0.3 is 6.09 Å². The van der Waals surface area contributed by atoms with E-state index >= 15 is 0 Å². The van der Waals surface area contributed by atoms with Crippen molar-refractivity contribution in [3.8, 4) is 0 Å². The van der Waals surface area contributed by atoms with Crippen molar-refractivity contribution in [2.24, 2.45) is 0 Å². The van der Waals surface area contributed by atoms with Gasteiger partial charge in [0.25, 0.3) is 0 Å². The number of carbonyl (C=O) groups is 1. The van der Waals surface area contributed by atoms with E-state index in [0.717, 1.165) is 9.53 Å². The van der Waals surface area contributed by atoms with Crippen LogP contribution < -0.4 is 5.32 Å².